The van der Waals surface area contributed by atoms with E-state index in [4.69, 9.17) is 22.4 Å². The van der Waals surface area contributed by atoms with E-state index in [0.29, 0.717) is 5.02 Å². The summed E-state index contributed by atoms with van der Waals surface area (Å²) >= 11 is 7.36. The number of rotatable bonds is 3. The number of halogens is 1. The molecule has 0 aliphatic carbocycles. The minimum absolute atomic E-state index is 0.580. The summed E-state index contributed by atoms with van der Waals surface area (Å²) in [5, 5.41) is 11.3. The highest BCUT2D eigenvalue weighted by molar-refractivity contribution is 7.10. The first-order valence-corrected chi connectivity index (χ1v) is 5.35. The quantitative estimate of drug-likeness (QED) is 0.840. The van der Waals surface area contributed by atoms with Crippen LogP contribution in [-0.4, -0.2) is 17.1 Å². The van der Waals surface area contributed by atoms with Crippen LogP contribution in [0.25, 0.3) is 0 Å². The predicted molar refractivity (Wildman–Crippen MR) is 58.0 cm³/mol. The monoisotopic (exact) mass is 233 g/mol. The normalized spacial score (nSPS) is 14.0. The molecule has 1 unspecified atom stereocenters. The molecule has 5 heteroatoms. The topological polar surface area (TPSA) is 63.3 Å². The maximum Gasteiger partial charge on any atom is 0.321 e. The molecule has 0 fully saturated rings. The van der Waals surface area contributed by atoms with Gasteiger partial charge in [-0.1, -0.05) is 25.4 Å². The van der Waals surface area contributed by atoms with Crippen molar-refractivity contribution < 1.29 is 9.90 Å². The zero-order valence-electron chi connectivity index (χ0n) is 7.95. The van der Waals surface area contributed by atoms with Gasteiger partial charge in [0.05, 0.1) is 5.02 Å². The van der Waals surface area contributed by atoms with Crippen LogP contribution < -0.4 is 5.73 Å². The van der Waals surface area contributed by atoms with Crippen molar-refractivity contribution in [2.45, 2.75) is 25.3 Å². The third kappa shape index (κ3) is 1.92. The van der Waals surface area contributed by atoms with Gasteiger partial charge in [0.25, 0.3) is 0 Å². The van der Waals surface area contributed by atoms with Crippen LogP contribution in [0, 0.1) is 0 Å². The molecule has 14 heavy (non-hydrogen) atoms. The molecule has 0 saturated carbocycles. The van der Waals surface area contributed by atoms with Gasteiger partial charge in [-0.25, -0.2) is 0 Å². The molecule has 78 valence electrons. The van der Waals surface area contributed by atoms with Gasteiger partial charge in [0, 0.05) is 10.3 Å². The molecule has 1 rings (SSSR count). The lowest BCUT2D eigenvalue weighted by molar-refractivity contribution is -0.140. The second kappa shape index (κ2) is 3.88. The molecule has 3 nitrogen and oxygen atoms in total. The lowest BCUT2D eigenvalue weighted by atomic mass is 9.83. The number of hydrogen-bond acceptors (Lipinski definition) is 3. The van der Waals surface area contributed by atoms with E-state index in [1.54, 1.807) is 19.9 Å². The van der Waals surface area contributed by atoms with Crippen molar-refractivity contribution in [1.29, 1.82) is 0 Å². The van der Waals surface area contributed by atoms with Crippen molar-refractivity contribution in [2.24, 2.45) is 5.73 Å². The number of carboxylic acids is 1. The number of thiophene rings is 1. The molecule has 0 saturated heterocycles. The zero-order chi connectivity index (χ0) is 10.9. The van der Waals surface area contributed by atoms with Crippen molar-refractivity contribution in [3.05, 3.63) is 21.3 Å². The smallest absolute Gasteiger partial charge is 0.321 e. The second-order valence-electron chi connectivity index (χ2n) is 3.64. The molecule has 0 amide bonds. The summed E-state index contributed by atoms with van der Waals surface area (Å²) in [5.41, 5.74) is 4.96. The first-order valence-electron chi connectivity index (χ1n) is 4.09. The van der Waals surface area contributed by atoms with Crippen molar-refractivity contribution in [3.8, 4) is 0 Å². The summed E-state index contributed by atoms with van der Waals surface area (Å²) in [4.78, 5) is 11.6. The highest BCUT2D eigenvalue weighted by Gasteiger charge is 2.36. The zero-order valence-corrected chi connectivity index (χ0v) is 9.52. The molecule has 0 radical (unpaired) electrons. The largest absolute Gasteiger partial charge is 0.480 e. The molecular formula is C9H12ClNO2S. The number of carboxylic acid groups (broad SMARTS) is 1. The van der Waals surface area contributed by atoms with E-state index in [1.165, 1.54) is 11.3 Å². The minimum atomic E-state index is -1.01. The van der Waals surface area contributed by atoms with Gasteiger partial charge in [0.15, 0.2) is 0 Å². The van der Waals surface area contributed by atoms with E-state index in [9.17, 15) is 4.79 Å². The Labute approximate surface area is 91.5 Å². The summed E-state index contributed by atoms with van der Waals surface area (Å²) in [6, 6.07) is 0.802. The first-order chi connectivity index (χ1) is 6.37. The Morgan fingerprint density at radius 3 is 2.64 bits per heavy atom. The van der Waals surface area contributed by atoms with Gasteiger partial charge in [0.2, 0.25) is 0 Å². The number of nitrogens with two attached hydrogens (primary N) is 1. The highest BCUT2D eigenvalue weighted by Crippen LogP contribution is 2.36. The van der Waals surface area contributed by atoms with Crippen LogP contribution in [0.2, 0.25) is 5.02 Å². The second-order valence-corrected chi connectivity index (χ2v) is 4.96. The molecule has 1 heterocycles. The molecule has 1 atom stereocenters. The van der Waals surface area contributed by atoms with Crippen LogP contribution in [0.3, 0.4) is 0 Å². The third-order valence-electron chi connectivity index (χ3n) is 2.25. The molecule has 0 aliphatic rings. The van der Waals surface area contributed by atoms with Gasteiger partial charge < -0.3 is 10.8 Å². The molecule has 0 spiro atoms. The molecular weight excluding hydrogens is 222 g/mol. The highest BCUT2D eigenvalue weighted by atomic mass is 35.5. The van der Waals surface area contributed by atoms with E-state index in [2.05, 4.69) is 0 Å². The average molecular weight is 234 g/mol. The van der Waals surface area contributed by atoms with Gasteiger partial charge in [-0.05, 0) is 11.4 Å². The Balaban J connectivity index is 3.07. The van der Waals surface area contributed by atoms with Crippen molar-refractivity contribution >= 4 is 28.9 Å². The minimum Gasteiger partial charge on any atom is -0.480 e. The van der Waals surface area contributed by atoms with Crippen LogP contribution >= 0.6 is 22.9 Å². The maximum atomic E-state index is 10.8. The van der Waals surface area contributed by atoms with E-state index in [1.807, 2.05) is 5.38 Å². The lowest BCUT2D eigenvalue weighted by Gasteiger charge is -2.27. The van der Waals surface area contributed by atoms with E-state index in [0.717, 1.165) is 4.88 Å². The predicted octanol–water partition coefficient (Wildman–Crippen LogP) is 2.09. The number of hydrogen-bond donors (Lipinski definition) is 2. The number of carbonyl (C=O) groups is 1. The Morgan fingerprint density at radius 1 is 1.71 bits per heavy atom. The Hall–Kier alpha value is -0.580. The van der Waals surface area contributed by atoms with Gasteiger partial charge in [-0.2, -0.15) is 0 Å². The summed E-state index contributed by atoms with van der Waals surface area (Å²) in [5.74, 6) is -1.01. The SMILES string of the molecule is CC(C)(c1sccc1Cl)C(N)C(=O)O. The summed E-state index contributed by atoms with van der Waals surface area (Å²) < 4.78 is 0. The van der Waals surface area contributed by atoms with Gasteiger partial charge in [-0.15, -0.1) is 11.3 Å². The molecule has 1 aromatic rings. The van der Waals surface area contributed by atoms with Gasteiger partial charge in [0.1, 0.15) is 6.04 Å². The Bertz CT molecular complexity index is 348. The standard InChI is InChI=1S/C9H12ClNO2S/c1-9(2,6(11)8(12)13)7-5(10)3-4-14-7/h3-4,6H,11H2,1-2H3,(H,12,13). The molecule has 0 aromatic carbocycles. The summed E-state index contributed by atoms with van der Waals surface area (Å²) in [6.45, 7) is 3.56. The van der Waals surface area contributed by atoms with Crippen LogP contribution in [0.15, 0.2) is 11.4 Å². The third-order valence-corrected chi connectivity index (χ3v) is 3.93. The first kappa shape index (κ1) is 11.5. The van der Waals surface area contributed by atoms with Crippen LogP contribution in [0.5, 0.6) is 0 Å². The number of aliphatic carboxylic acids is 1. The summed E-state index contributed by atoms with van der Waals surface area (Å²) in [7, 11) is 0. The Morgan fingerprint density at radius 2 is 2.29 bits per heavy atom. The molecule has 0 bridgehead atoms. The average Bonchev–Trinajstić information content (AvgIpc) is 2.50. The van der Waals surface area contributed by atoms with Crippen molar-refractivity contribution in [2.75, 3.05) is 0 Å². The Kier molecular flexibility index (Phi) is 3.19. The molecule has 3 N–H and O–H groups in total. The van der Waals surface area contributed by atoms with Gasteiger partial charge >= 0.3 is 5.97 Å². The van der Waals surface area contributed by atoms with E-state index < -0.39 is 17.4 Å². The maximum absolute atomic E-state index is 10.8. The molecule has 1 aromatic heterocycles. The van der Waals surface area contributed by atoms with Gasteiger partial charge in [-0.3, -0.25) is 4.79 Å². The van der Waals surface area contributed by atoms with Crippen LogP contribution in [-0.2, 0) is 10.2 Å². The van der Waals surface area contributed by atoms with E-state index >= 15 is 0 Å². The fourth-order valence-corrected chi connectivity index (χ4v) is 2.67. The summed E-state index contributed by atoms with van der Waals surface area (Å²) in [6.07, 6.45) is 0. The lowest BCUT2D eigenvalue weighted by Crippen LogP contribution is -2.46. The van der Waals surface area contributed by atoms with Crippen LogP contribution in [0.4, 0.5) is 0 Å². The van der Waals surface area contributed by atoms with E-state index in [-0.39, 0.29) is 0 Å². The van der Waals surface area contributed by atoms with Crippen molar-refractivity contribution in [1.82, 2.24) is 0 Å². The van der Waals surface area contributed by atoms with Crippen LogP contribution in [0.1, 0.15) is 18.7 Å². The van der Waals surface area contributed by atoms with Crippen molar-refractivity contribution in [3.63, 3.8) is 0 Å². The fourth-order valence-electron chi connectivity index (χ4n) is 1.20. The molecule has 0 aliphatic heterocycles. The fraction of sp³-hybridized carbons (Fsp3) is 0.444.